The van der Waals surface area contributed by atoms with Gasteiger partial charge in [-0.05, 0) is 38.9 Å². The molecule has 22 heavy (non-hydrogen) atoms. The summed E-state index contributed by atoms with van der Waals surface area (Å²) in [5.74, 6) is -0.220. The van der Waals surface area contributed by atoms with Crippen molar-refractivity contribution >= 4 is 29.9 Å². The zero-order valence-corrected chi connectivity index (χ0v) is 14.8. The Balaban J connectivity index is 0.00000441. The van der Waals surface area contributed by atoms with Gasteiger partial charge in [0, 0.05) is 25.7 Å². The first-order valence-corrected chi connectivity index (χ1v) is 7.11. The smallest absolute Gasteiger partial charge is 0.243 e. The van der Waals surface area contributed by atoms with Crippen LogP contribution in [0.1, 0.15) is 23.1 Å². The molecule has 0 aliphatic carbocycles. The lowest BCUT2D eigenvalue weighted by atomic mass is 10.1. The average molecular weight is 328 g/mol. The topological polar surface area (TPSA) is 61.4 Å². The number of rotatable bonds is 6. The van der Waals surface area contributed by atoms with Gasteiger partial charge in [0.1, 0.15) is 0 Å². The quantitative estimate of drug-likeness (QED) is 0.840. The highest BCUT2D eigenvalue weighted by Gasteiger charge is 2.14. The molecule has 0 spiro atoms. The van der Waals surface area contributed by atoms with Crippen LogP contribution in [-0.4, -0.2) is 43.9 Å². The Bertz CT molecular complexity index is 509. The van der Waals surface area contributed by atoms with E-state index in [1.165, 1.54) is 10.5 Å². The molecule has 1 rings (SSSR count). The van der Waals surface area contributed by atoms with Gasteiger partial charge < -0.3 is 15.5 Å². The molecule has 0 aromatic heterocycles. The van der Waals surface area contributed by atoms with Crippen LogP contribution >= 0.6 is 12.4 Å². The van der Waals surface area contributed by atoms with Crippen molar-refractivity contribution in [3.63, 3.8) is 0 Å². The molecule has 1 aromatic carbocycles. The van der Waals surface area contributed by atoms with E-state index in [9.17, 15) is 9.59 Å². The molecule has 6 heteroatoms. The normalized spacial score (nSPS) is 9.86. The Labute approximate surface area is 138 Å². The summed E-state index contributed by atoms with van der Waals surface area (Å²) in [6.45, 7) is 6.64. The van der Waals surface area contributed by atoms with Crippen molar-refractivity contribution in [2.24, 2.45) is 0 Å². The third-order valence-corrected chi connectivity index (χ3v) is 3.34. The van der Waals surface area contributed by atoms with E-state index >= 15 is 0 Å². The number of amides is 2. The van der Waals surface area contributed by atoms with Crippen molar-refractivity contribution in [3.05, 3.63) is 28.8 Å². The van der Waals surface area contributed by atoms with Crippen LogP contribution in [0.25, 0.3) is 0 Å². The minimum atomic E-state index is -0.176. The molecule has 0 aliphatic heterocycles. The fraction of sp³-hybridized carbons (Fsp3) is 0.500. The van der Waals surface area contributed by atoms with E-state index < -0.39 is 0 Å². The van der Waals surface area contributed by atoms with E-state index in [0.717, 1.165) is 16.8 Å². The summed E-state index contributed by atoms with van der Waals surface area (Å²) in [7, 11) is 3.44. The summed E-state index contributed by atoms with van der Waals surface area (Å²) in [4.78, 5) is 25.3. The number of carbonyl (C=O) groups is 2. The van der Waals surface area contributed by atoms with Crippen molar-refractivity contribution in [3.8, 4) is 0 Å². The third-order valence-electron chi connectivity index (χ3n) is 3.34. The molecule has 2 N–H and O–H groups in total. The summed E-state index contributed by atoms with van der Waals surface area (Å²) in [6, 6.07) is 4.06. The molecule has 0 atom stereocenters. The van der Waals surface area contributed by atoms with E-state index in [4.69, 9.17) is 0 Å². The molecule has 0 bridgehead atoms. The number of benzene rings is 1. The summed E-state index contributed by atoms with van der Waals surface area (Å²) in [5.41, 5.74) is 4.07. The van der Waals surface area contributed by atoms with Crippen LogP contribution in [-0.2, 0) is 9.59 Å². The number of carbonyl (C=O) groups excluding carboxylic acids is 2. The molecule has 0 saturated heterocycles. The van der Waals surface area contributed by atoms with Gasteiger partial charge in [0.05, 0.1) is 6.54 Å². The maximum absolute atomic E-state index is 12.1. The monoisotopic (exact) mass is 327 g/mol. The molecule has 5 nitrogen and oxygen atoms in total. The maximum Gasteiger partial charge on any atom is 0.243 e. The fourth-order valence-electron chi connectivity index (χ4n) is 2.28. The van der Waals surface area contributed by atoms with E-state index in [-0.39, 0.29) is 30.8 Å². The second-order valence-electron chi connectivity index (χ2n) is 5.43. The molecular formula is C16H26ClN3O2. The second-order valence-corrected chi connectivity index (χ2v) is 5.43. The third kappa shape index (κ3) is 6.03. The van der Waals surface area contributed by atoms with E-state index in [1.54, 1.807) is 14.1 Å². The number of hydrogen-bond donors (Lipinski definition) is 2. The van der Waals surface area contributed by atoms with Gasteiger partial charge in [0.15, 0.2) is 0 Å². The van der Waals surface area contributed by atoms with Crippen molar-refractivity contribution in [1.82, 2.24) is 10.2 Å². The Morgan fingerprint density at radius 1 is 1.14 bits per heavy atom. The van der Waals surface area contributed by atoms with Crippen molar-refractivity contribution < 1.29 is 9.59 Å². The summed E-state index contributed by atoms with van der Waals surface area (Å²) in [6.07, 6.45) is 0.392. The minimum Gasteiger partial charge on any atom is -0.336 e. The van der Waals surface area contributed by atoms with E-state index in [2.05, 4.69) is 10.6 Å². The fourth-order valence-corrected chi connectivity index (χ4v) is 2.28. The second kappa shape index (κ2) is 9.43. The highest BCUT2D eigenvalue weighted by molar-refractivity contribution is 5.95. The number of likely N-dealkylation sites (N-methyl/N-ethyl adjacent to an activating group) is 1. The van der Waals surface area contributed by atoms with Gasteiger partial charge in [0.25, 0.3) is 0 Å². The molecule has 0 fully saturated rings. The van der Waals surface area contributed by atoms with Crippen LogP contribution in [0.5, 0.6) is 0 Å². The number of aryl methyl sites for hydroxylation is 3. The molecule has 0 heterocycles. The summed E-state index contributed by atoms with van der Waals surface area (Å²) >= 11 is 0. The summed E-state index contributed by atoms with van der Waals surface area (Å²) < 4.78 is 0. The zero-order valence-electron chi connectivity index (χ0n) is 13.9. The number of nitrogens with one attached hydrogen (secondary N) is 2. The number of halogens is 1. The van der Waals surface area contributed by atoms with Gasteiger partial charge in [-0.1, -0.05) is 17.7 Å². The van der Waals surface area contributed by atoms with Gasteiger partial charge in [-0.3, -0.25) is 9.59 Å². The van der Waals surface area contributed by atoms with Gasteiger partial charge in [-0.15, -0.1) is 12.4 Å². The van der Waals surface area contributed by atoms with Crippen LogP contribution in [0.3, 0.4) is 0 Å². The van der Waals surface area contributed by atoms with E-state index in [0.29, 0.717) is 13.0 Å². The van der Waals surface area contributed by atoms with Crippen LogP contribution < -0.4 is 10.6 Å². The van der Waals surface area contributed by atoms with Crippen LogP contribution in [0.2, 0.25) is 0 Å². The molecule has 0 radical (unpaired) electrons. The van der Waals surface area contributed by atoms with Gasteiger partial charge in [0.2, 0.25) is 11.8 Å². The van der Waals surface area contributed by atoms with Crippen LogP contribution in [0.4, 0.5) is 5.69 Å². The first kappa shape index (κ1) is 20.4. The largest absolute Gasteiger partial charge is 0.336 e. The standard InChI is InChI=1S/C16H25N3O2.ClH/c1-11-8-12(2)16(13(3)9-11)18-14(20)10-19(5)15(21)6-7-17-4;/h8-9,17H,6-7,10H2,1-5H3,(H,18,20);1H. The molecule has 0 saturated carbocycles. The highest BCUT2D eigenvalue weighted by Crippen LogP contribution is 2.21. The van der Waals surface area contributed by atoms with Gasteiger partial charge in [-0.25, -0.2) is 0 Å². The maximum atomic E-state index is 12.1. The number of hydrogen-bond acceptors (Lipinski definition) is 3. The molecule has 2 amide bonds. The Morgan fingerprint density at radius 2 is 1.68 bits per heavy atom. The number of nitrogens with zero attached hydrogens (tertiary/aromatic N) is 1. The van der Waals surface area contributed by atoms with Gasteiger partial charge >= 0.3 is 0 Å². The van der Waals surface area contributed by atoms with Crippen molar-refractivity contribution in [2.45, 2.75) is 27.2 Å². The lowest BCUT2D eigenvalue weighted by molar-refractivity contribution is -0.133. The molecule has 124 valence electrons. The van der Waals surface area contributed by atoms with Crippen LogP contribution in [0, 0.1) is 20.8 Å². The molecule has 0 unspecified atom stereocenters. The zero-order chi connectivity index (χ0) is 16.0. The van der Waals surface area contributed by atoms with Gasteiger partial charge in [-0.2, -0.15) is 0 Å². The number of anilines is 1. The van der Waals surface area contributed by atoms with E-state index in [1.807, 2.05) is 32.9 Å². The Kier molecular flexibility index (Phi) is 8.75. The highest BCUT2D eigenvalue weighted by atomic mass is 35.5. The van der Waals surface area contributed by atoms with Crippen LogP contribution in [0.15, 0.2) is 12.1 Å². The minimum absolute atomic E-state index is 0. The first-order valence-electron chi connectivity index (χ1n) is 7.11. The Morgan fingerprint density at radius 3 is 2.18 bits per heavy atom. The molecule has 0 aliphatic rings. The predicted octanol–water partition coefficient (Wildman–Crippen LogP) is 2.04. The SMILES string of the molecule is CNCCC(=O)N(C)CC(=O)Nc1c(C)cc(C)cc1C.Cl. The predicted molar refractivity (Wildman–Crippen MR) is 92.7 cm³/mol. The summed E-state index contributed by atoms with van der Waals surface area (Å²) in [5, 5.41) is 5.82. The lowest BCUT2D eigenvalue weighted by Gasteiger charge is -2.18. The lowest BCUT2D eigenvalue weighted by Crippen LogP contribution is -2.36. The van der Waals surface area contributed by atoms with Crippen molar-refractivity contribution in [1.29, 1.82) is 0 Å². The average Bonchev–Trinajstić information content (AvgIpc) is 2.39. The first-order chi connectivity index (χ1) is 9.85. The Hall–Kier alpha value is -1.59. The van der Waals surface area contributed by atoms with Crippen molar-refractivity contribution in [2.75, 3.05) is 32.5 Å². The molecule has 1 aromatic rings. The molecular weight excluding hydrogens is 302 g/mol.